The maximum Gasteiger partial charge on any atom is 0.257 e. The highest BCUT2D eigenvalue weighted by Gasteiger charge is 2.31. The lowest BCUT2D eigenvalue weighted by molar-refractivity contribution is 0.0218. The average molecular weight is 302 g/mol. The summed E-state index contributed by atoms with van der Waals surface area (Å²) >= 11 is 0. The zero-order chi connectivity index (χ0) is 14.6. The van der Waals surface area contributed by atoms with Gasteiger partial charge in [0.1, 0.15) is 0 Å². The van der Waals surface area contributed by atoms with Crippen molar-refractivity contribution in [3.05, 3.63) is 12.3 Å². The molecule has 0 spiro atoms. The molecule has 2 heterocycles. The molecular formula is C12H22N4O3S. The van der Waals surface area contributed by atoms with Crippen molar-refractivity contribution in [2.75, 3.05) is 19.6 Å². The lowest BCUT2D eigenvalue weighted by Gasteiger charge is -2.32. The molecule has 0 unspecified atom stereocenters. The van der Waals surface area contributed by atoms with Crippen LogP contribution in [0.15, 0.2) is 17.3 Å². The molecule has 0 saturated carbocycles. The van der Waals surface area contributed by atoms with E-state index >= 15 is 0 Å². The van der Waals surface area contributed by atoms with E-state index in [0.717, 1.165) is 19.4 Å². The number of rotatable bonds is 6. The van der Waals surface area contributed by atoms with Crippen LogP contribution in [0.4, 0.5) is 0 Å². The van der Waals surface area contributed by atoms with Crippen LogP contribution in [0.25, 0.3) is 0 Å². The first-order valence-corrected chi connectivity index (χ1v) is 8.40. The molecule has 114 valence electrons. The van der Waals surface area contributed by atoms with Gasteiger partial charge in [-0.3, -0.25) is 4.68 Å². The van der Waals surface area contributed by atoms with E-state index in [0.29, 0.717) is 19.5 Å². The number of hydrogen-bond donors (Lipinski definition) is 3. The molecule has 1 saturated heterocycles. The fourth-order valence-corrected chi connectivity index (χ4v) is 3.60. The van der Waals surface area contributed by atoms with E-state index in [2.05, 4.69) is 15.1 Å². The van der Waals surface area contributed by atoms with Gasteiger partial charge in [-0.1, -0.05) is 6.92 Å². The monoisotopic (exact) mass is 302 g/mol. The third-order valence-electron chi connectivity index (χ3n) is 3.43. The molecular weight excluding hydrogens is 280 g/mol. The van der Waals surface area contributed by atoms with Crippen LogP contribution >= 0.6 is 0 Å². The predicted molar refractivity (Wildman–Crippen MR) is 74.8 cm³/mol. The largest absolute Gasteiger partial charge is 0.387 e. The minimum atomic E-state index is -3.64. The van der Waals surface area contributed by atoms with E-state index in [4.69, 9.17) is 0 Å². The Morgan fingerprint density at radius 2 is 2.40 bits per heavy atom. The first kappa shape index (κ1) is 15.4. The van der Waals surface area contributed by atoms with E-state index in [-0.39, 0.29) is 11.6 Å². The number of aliphatic hydroxyl groups is 1. The van der Waals surface area contributed by atoms with Crippen molar-refractivity contribution in [3.63, 3.8) is 0 Å². The highest BCUT2D eigenvalue weighted by Crippen LogP contribution is 2.16. The Morgan fingerprint density at radius 3 is 3.05 bits per heavy atom. The Kier molecular flexibility index (Phi) is 4.79. The number of aromatic nitrogens is 2. The number of nitrogens with zero attached hydrogens (tertiary/aromatic N) is 2. The Labute approximate surface area is 119 Å². The van der Waals surface area contributed by atoms with Crippen LogP contribution in [0.2, 0.25) is 0 Å². The van der Waals surface area contributed by atoms with Gasteiger partial charge < -0.3 is 10.4 Å². The van der Waals surface area contributed by atoms with Gasteiger partial charge in [0.05, 0.1) is 11.8 Å². The summed E-state index contributed by atoms with van der Waals surface area (Å²) in [5.41, 5.74) is -1.01. The molecule has 2 rings (SSSR count). The van der Waals surface area contributed by atoms with E-state index in [1.54, 1.807) is 0 Å². The van der Waals surface area contributed by atoms with E-state index in [1.165, 1.54) is 16.9 Å². The van der Waals surface area contributed by atoms with Crippen molar-refractivity contribution in [1.82, 2.24) is 19.8 Å². The van der Waals surface area contributed by atoms with Gasteiger partial charge in [0.15, 0.2) is 5.03 Å². The Morgan fingerprint density at radius 1 is 1.60 bits per heavy atom. The summed E-state index contributed by atoms with van der Waals surface area (Å²) in [6, 6.07) is 1.47. The zero-order valence-corrected chi connectivity index (χ0v) is 12.5. The van der Waals surface area contributed by atoms with Crippen LogP contribution in [0.5, 0.6) is 0 Å². The summed E-state index contributed by atoms with van der Waals surface area (Å²) < 4.78 is 28.5. The summed E-state index contributed by atoms with van der Waals surface area (Å²) in [6.07, 6.45) is 3.71. The van der Waals surface area contributed by atoms with Crippen LogP contribution < -0.4 is 10.0 Å². The quantitative estimate of drug-likeness (QED) is 0.669. The van der Waals surface area contributed by atoms with Gasteiger partial charge in [0, 0.05) is 19.6 Å². The summed E-state index contributed by atoms with van der Waals surface area (Å²) in [5, 5.41) is 17.5. The summed E-state index contributed by atoms with van der Waals surface area (Å²) in [7, 11) is -3.64. The first-order valence-electron chi connectivity index (χ1n) is 6.91. The molecule has 7 nitrogen and oxygen atoms in total. The predicted octanol–water partition coefficient (Wildman–Crippen LogP) is -0.314. The second-order valence-electron chi connectivity index (χ2n) is 5.22. The van der Waals surface area contributed by atoms with Gasteiger partial charge in [-0.25, -0.2) is 13.1 Å². The van der Waals surface area contributed by atoms with Crippen molar-refractivity contribution in [1.29, 1.82) is 0 Å². The van der Waals surface area contributed by atoms with Crippen molar-refractivity contribution in [2.45, 2.75) is 43.4 Å². The zero-order valence-electron chi connectivity index (χ0n) is 11.7. The molecule has 1 aliphatic rings. The third kappa shape index (κ3) is 3.57. The molecule has 0 bridgehead atoms. The normalized spacial score (nSPS) is 23.9. The Hall–Kier alpha value is -0.960. The van der Waals surface area contributed by atoms with Crippen LogP contribution in [-0.2, 0) is 16.6 Å². The van der Waals surface area contributed by atoms with Crippen LogP contribution in [0.1, 0.15) is 26.2 Å². The number of aryl methyl sites for hydroxylation is 1. The summed E-state index contributed by atoms with van der Waals surface area (Å²) in [6.45, 7) is 3.79. The topological polar surface area (TPSA) is 96.2 Å². The van der Waals surface area contributed by atoms with Crippen molar-refractivity contribution >= 4 is 10.0 Å². The van der Waals surface area contributed by atoms with Gasteiger partial charge in [0.25, 0.3) is 10.0 Å². The van der Waals surface area contributed by atoms with E-state index in [9.17, 15) is 13.5 Å². The smallest absolute Gasteiger partial charge is 0.257 e. The third-order valence-corrected chi connectivity index (χ3v) is 4.85. The molecule has 1 fully saturated rings. The second kappa shape index (κ2) is 6.21. The number of sulfonamides is 1. The molecule has 3 N–H and O–H groups in total. The van der Waals surface area contributed by atoms with Crippen LogP contribution in [0, 0.1) is 0 Å². The minimum Gasteiger partial charge on any atom is -0.387 e. The molecule has 1 aromatic rings. The maximum absolute atomic E-state index is 12.3. The number of piperidine rings is 1. The maximum atomic E-state index is 12.3. The number of nitrogens with one attached hydrogen (secondary N) is 2. The standard InChI is InChI=1S/C12H22N4O3S/c1-2-8-16-11(4-7-14-16)20(18,19)15-10-12(17)5-3-6-13-9-12/h4,7,13,15,17H,2-3,5-6,8-10H2,1H3/t12-/m0/s1. The minimum absolute atomic E-state index is 0.0135. The fraction of sp³-hybridized carbons (Fsp3) is 0.750. The van der Waals surface area contributed by atoms with Gasteiger partial charge in [0.2, 0.25) is 0 Å². The van der Waals surface area contributed by atoms with Gasteiger partial charge in [-0.15, -0.1) is 0 Å². The molecule has 1 aromatic heterocycles. The van der Waals surface area contributed by atoms with Crippen LogP contribution in [0.3, 0.4) is 0 Å². The second-order valence-corrected chi connectivity index (χ2v) is 6.94. The lowest BCUT2D eigenvalue weighted by Crippen LogP contribution is -2.52. The van der Waals surface area contributed by atoms with Crippen molar-refractivity contribution < 1.29 is 13.5 Å². The molecule has 20 heavy (non-hydrogen) atoms. The van der Waals surface area contributed by atoms with Gasteiger partial charge in [-0.05, 0) is 31.9 Å². The van der Waals surface area contributed by atoms with E-state index in [1.807, 2.05) is 6.92 Å². The molecule has 8 heteroatoms. The van der Waals surface area contributed by atoms with E-state index < -0.39 is 15.6 Å². The molecule has 0 aliphatic carbocycles. The van der Waals surface area contributed by atoms with Gasteiger partial charge >= 0.3 is 0 Å². The highest BCUT2D eigenvalue weighted by atomic mass is 32.2. The summed E-state index contributed by atoms with van der Waals surface area (Å²) in [4.78, 5) is 0. The molecule has 0 radical (unpaired) electrons. The number of β-amino-alcohol motifs (C(OH)–C–C–N with tert-alkyl or cyclic N) is 1. The highest BCUT2D eigenvalue weighted by molar-refractivity contribution is 7.89. The van der Waals surface area contributed by atoms with Crippen molar-refractivity contribution in [2.24, 2.45) is 0 Å². The fourth-order valence-electron chi connectivity index (χ4n) is 2.33. The molecule has 1 atom stereocenters. The van der Waals surface area contributed by atoms with Crippen LogP contribution in [-0.4, -0.2) is 48.5 Å². The van der Waals surface area contributed by atoms with Gasteiger partial charge in [-0.2, -0.15) is 5.10 Å². The first-order chi connectivity index (χ1) is 9.47. The van der Waals surface area contributed by atoms with Crippen molar-refractivity contribution in [3.8, 4) is 0 Å². The lowest BCUT2D eigenvalue weighted by atomic mass is 9.95. The number of hydrogen-bond acceptors (Lipinski definition) is 5. The molecule has 0 amide bonds. The molecule has 1 aliphatic heterocycles. The summed E-state index contributed by atoms with van der Waals surface area (Å²) in [5.74, 6) is 0. The average Bonchev–Trinajstić information content (AvgIpc) is 2.87. The Bertz CT molecular complexity index is 535. The SMILES string of the molecule is CCCn1nccc1S(=O)(=O)NC[C@]1(O)CCCNC1. The molecule has 0 aromatic carbocycles. The Balaban J connectivity index is 2.05.